The number of aliphatic imine (C=N–C) groups is 1. The zero-order valence-corrected chi connectivity index (χ0v) is 19.3. The number of nitrogens with one attached hydrogen (secondary N) is 4. The summed E-state index contributed by atoms with van der Waals surface area (Å²) in [5.41, 5.74) is 2.58. The van der Waals surface area contributed by atoms with Crippen molar-refractivity contribution in [2.24, 2.45) is 4.99 Å². The first kappa shape index (κ1) is 23.6. The molecule has 0 saturated heterocycles. The molecule has 35 heavy (non-hydrogen) atoms. The number of rotatable bonds is 6. The lowest BCUT2D eigenvalue weighted by Gasteiger charge is -2.21. The lowest BCUT2D eigenvalue weighted by Crippen LogP contribution is -2.39. The molecule has 0 fully saturated rings. The number of guanidine groups is 1. The summed E-state index contributed by atoms with van der Waals surface area (Å²) in [5, 5.41) is 20.3. The third-order valence-corrected chi connectivity index (χ3v) is 5.48. The lowest BCUT2D eigenvalue weighted by molar-refractivity contribution is -0.118. The minimum atomic E-state index is -0.930. The van der Waals surface area contributed by atoms with Gasteiger partial charge in [-0.3, -0.25) is 15.1 Å². The number of carbonyl (C=O) groups is 2. The van der Waals surface area contributed by atoms with Crippen molar-refractivity contribution < 1.29 is 9.59 Å². The molecule has 1 atom stereocenters. The monoisotopic (exact) mass is 487 g/mol. The maximum Gasteiger partial charge on any atom is 0.320 e. The Morgan fingerprint density at radius 3 is 2.29 bits per heavy atom. The van der Waals surface area contributed by atoms with Crippen molar-refractivity contribution in [1.82, 2.24) is 10.6 Å². The summed E-state index contributed by atoms with van der Waals surface area (Å²) in [7, 11) is 0. The van der Waals surface area contributed by atoms with E-state index in [1.54, 1.807) is 60.7 Å². The number of halogens is 1. The Kier molecular flexibility index (Phi) is 7.45. The van der Waals surface area contributed by atoms with Crippen LogP contribution >= 0.6 is 11.6 Å². The molecule has 4 rings (SSSR count). The summed E-state index contributed by atoms with van der Waals surface area (Å²) in [6, 6.07) is 21.3. The third-order valence-electron chi connectivity index (χ3n) is 5.23. The molecule has 10 heteroatoms. The number of hydrogen-bond donors (Lipinski definition) is 4. The average Bonchev–Trinajstić information content (AvgIpc) is 3.33. The fourth-order valence-corrected chi connectivity index (χ4v) is 3.70. The van der Waals surface area contributed by atoms with Crippen molar-refractivity contribution >= 4 is 46.6 Å². The Morgan fingerprint density at radius 2 is 1.60 bits per heavy atom. The minimum Gasteiger partial charge on any atom is -0.324 e. The van der Waals surface area contributed by atoms with Gasteiger partial charge in [0.05, 0.1) is 6.54 Å². The highest BCUT2D eigenvalue weighted by Crippen LogP contribution is 2.22. The second-order valence-electron chi connectivity index (χ2n) is 7.58. The number of hydrogen-bond acceptors (Lipinski definition) is 6. The first-order valence-corrected chi connectivity index (χ1v) is 11.2. The number of nitriles is 1. The lowest BCUT2D eigenvalue weighted by atomic mass is 10.1. The van der Waals surface area contributed by atoms with E-state index >= 15 is 0 Å². The Bertz CT molecular complexity index is 1260. The molecule has 176 valence electrons. The van der Waals surface area contributed by atoms with E-state index in [1.165, 1.54) is 0 Å². The molecule has 0 spiro atoms. The van der Waals surface area contributed by atoms with Crippen LogP contribution in [0.3, 0.4) is 0 Å². The second-order valence-corrected chi connectivity index (χ2v) is 8.02. The van der Waals surface area contributed by atoms with Gasteiger partial charge in [0.2, 0.25) is 5.96 Å². The summed E-state index contributed by atoms with van der Waals surface area (Å²) in [6.45, 7) is 1.24. The summed E-state index contributed by atoms with van der Waals surface area (Å²) in [4.78, 5) is 31.9. The smallest absolute Gasteiger partial charge is 0.320 e. The Labute approximate surface area is 207 Å². The van der Waals surface area contributed by atoms with Crippen molar-refractivity contribution in [3.05, 3.63) is 89.4 Å². The summed E-state index contributed by atoms with van der Waals surface area (Å²) < 4.78 is 0. The van der Waals surface area contributed by atoms with Crippen LogP contribution in [0, 0.1) is 11.5 Å². The van der Waals surface area contributed by atoms with Gasteiger partial charge in [-0.15, -0.1) is 0 Å². The zero-order chi connectivity index (χ0) is 24.6. The highest BCUT2D eigenvalue weighted by molar-refractivity contribution is 6.30. The van der Waals surface area contributed by atoms with Gasteiger partial charge in [-0.05, 0) is 54.1 Å². The van der Waals surface area contributed by atoms with Crippen LogP contribution in [0.15, 0.2) is 83.9 Å². The van der Waals surface area contributed by atoms with E-state index in [1.807, 2.05) is 29.3 Å². The Balaban J connectivity index is 1.45. The molecule has 3 aromatic rings. The Morgan fingerprint density at radius 1 is 0.943 bits per heavy atom. The number of benzene rings is 3. The Hall–Kier alpha value is -4.55. The van der Waals surface area contributed by atoms with E-state index in [2.05, 4.69) is 26.3 Å². The van der Waals surface area contributed by atoms with Gasteiger partial charge in [0.25, 0.3) is 5.91 Å². The van der Waals surface area contributed by atoms with Crippen LogP contribution in [0.1, 0.15) is 11.6 Å². The van der Waals surface area contributed by atoms with Crippen molar-refractivity contribution in [3.63, 3.8) is 0 Å². The van der Waals surface area contributed by atoms with E-state index < -0.39 is 18.0 Å². The van der Waals surface area contributed by atoms with Crippen LogP contribution < -0.4 is 26.2 Å². The number of nitrogens with zero attached hydrogens (tertiary/aromatic N) is 3. The van der Waals surface area contributed by atoms with Gasteiger partial charge in [0.1, 0.15) is 6.04 Å². The van der Waals surface area contributed by atoms with Crippen LogP contribution in [0.5, 0.6) is 0 Å². The number of anilines is 3. The molecular formula is C25H22ClN7O2. The summed E-state index contributed by atoms with van der Waals surface area (Å²) in [5.74, 6) is 0.0918. The first-order valence-electron chi connectivity index (χ1n) is 10.8. The standard InChI is InChI=1S/C25H22ClN7O2/c26-18-6-8-20(9-7-18)31-25(35)32-22(17-4-2-1-3-5-17)23(34)30-19-10-12-21(13-11-19)33-15-14-28-24(33)29-16-27/h1-13,22H,14-15H2,(H,28,29)(H,30,34)(H2,31,32,35)/t22-/m1/s1. The summed E-state index contributed by atoms with van der Waals surface area (Å²) >= 11 is 5.89. The molecule has 0 aliphatic carbocycles. The molecule has 4 N–H and O–H groups in total. The molecule has 1 aliphatic heterocycles. The van der Waals surface area contributed by atoms with Gasteiger partial charge in [-0.1, -0.05) is 41.9 Å². The molecule has 3 aromatic carbocycles. The first-order chi connectivity index (χ1) is 17.0. The van der Waals surface area contributed by atoms with Crippen LogP contribution in [0.4, 0.5) is 21.9 Å². The number of urea groups is 1. The van der Waals surface area contributed by atoms with Crippen molar-refractivity contribution in [1.29, 1.82) is 5.26 Å². The molecule has 0 bridgehead atoms. The van der Waals surface area contributed by atoms with Gasteiger partial charge < -0.3 is 20.9 Å². The van der Waals surface area contributed by atoms with Crippen LogP contribution in [0.25, 0.3) is 0 Å². The van der Waals surface area contributed by atoms with E-state index in [-0.39, 0.29) is 0 Å². The minimum absolute atomic E-state index is 0.398. The normalized spacial score (nSPS) is 13.3. The van der Waals surface area contributed by atoms with Gasteiger partial charge in [-0.2, -0.15) is 5.26 Å². The van der Waals surface area contributed by atoms with Crippen molar-refractivity contribution in [3.8, 4) is 6.19 Å². The molecule has 1 aliphatic rings. The zero-order valence-electron chi connectivity index (χ0n) is 18.5. The summed E-state index contributed by atoms with van der Waals surface area (Å²) in [6.07, 6.45) is 1.88. The molecule has 0 aromatic heterocycles. The molecular weight excluding hydrogens is 466 g/mol. The average molecular weight is 488 g/mol. The number of amides is 3. The third kappa shape index (κ3) is 6.07. The quantitative estimate of drug-likeness (QED) is 0.308. The van der Waals surface area contributed by atoms with Crippen molar-refractivity contribution in [2.45, 2.75) is 6.04 Å². The van der Waals surface area contributed by atoms with Crippen molar-refractivity contribution in [2.75, 3.05) is 28.6 Å². The molecule has 9 nitrogen and oxygen atoms in total. The van der Waals surface area contributed by atoms with Crippen LogP contribution in [-0.2, 0) is 4.79 Å². The molecule has 1 heterocycles. The maximum absolute atomic E-state index is 13.2. The van der Waals surface area contributed by atoms with Gasteiger partial charge in [0.15, 0.2) is 6.19 Å². The fraction of sp³-hybridized carbons (Fsp3) is 0.120. The van der Waals surface area contributed by atoms with Crippen LogP contribution in [-0.4, -0.2) is 31.0 Å². The number of carbonyl (C=O) groups excluding carboxylic acids is 2. The second kappa shape index (κ2) is 11.0. The molecule has 3 amide bonds. The van der Waals surface area contributed by atoms with E-state index in [4.69, 9.17) is 16.9 Å². The molecule has 0 unspecified atom stereocenters. The molecule has 0 radical (unpaired) electrons. The maximum atomic E-state index is 13.2. The van der Waals surface area contributed by atoms with Crippen LogP contribution in [0.2, 0.25) is 5.02 Å². The van der Waals surface area contributed by atoms with E-state index in [9.17, 15) is 9.59 Å². The molecule has 0 saturated carbocycles. The topological polar surface area (TPSA) is 122 Å². The highest BCUT2D eigenvalue weighted by Gasteiger charge is 2.23. The predicted octanol–water partition coefficient (Wildman–Crippen LogP) is 4.09. The van der Waals surface area contributed by atoms with E-state index in [0.717, 1.165) is 5.69 Å². The van der Waals surface area contributed by atoms with Gasteiger partial charge in [0, 0.05) is 28.6 Å². The van der Waals surface area contributed by atoms with Gasteiger partial charge >= 0.3 is 6.03 Å². The fourth-order valence-electron chi connectivity index (χ4n) is 3.57. The largest absolute Gasteiger partial charge is 0.324 e. The SMILES string of the molecule is N#CNC1=NCCN1c1ccc(NC(=O)[C@H](NC(=O)Nc2ccc(Cl)cc2)c2ccccc2)cc1. The highest BCUT2D eigenvalue weighted by atomic mass is 35.5. The van der Waals surface area contributed by atoms with Gasteiger partial charge in [-0.25, -0.2) is 4.79 Å². The van der Waals surface area contributed by atoms with E-state index in [0.29, 0.717) is 41.0 Å². The predicted molar refractivity (Wildman–Crippen MR) is 136 cm³/mol.